The topological polar surface area (TPSA) is 84.2 Å². The lowest BCUT2D eigenvalue weighted by Gasteiger charge is -2.13. The molecule has 0 spiro atoms. The zero-order valence-electron chi connectivity index (χ0n) is 12.8. The molecule has 0 fully saturated rings. The van der Waals surface area contributed by atoms with Gasteiger partial charge in [0.25, 0.3) is 0 Å². The van der Waals surface area contributed by atoms with Crippen LogP contribution in [-0.2, 0) is 16.0 Å². The Morgan fingerprint density at radius 1 is 1.14 bits per heavy atom. The lowest BCUT2D eigenvalue weighted by molar-refractivity contribution is -0.126. The van der Waals surface area contributed by atoms with Crippen molar-refractivity contribution in [3.8, 4) is 0 Å². The summed E-state index contributed by atoms with van der Waals surface area (Å²) in [5.41, 5.74) is 6.98. The van der Waals surface area contributed by atoms with Crippen molar-refractivity contribution >= 4 is 11.8 Å². The highest BCUT2D eigenvalue weighted by molar-refractivity contribution is 5.87. The van der Waals surface area contributed by atoms with Gasteiger partial charge in [-0.1, -0.05) is 44.2 Å². The van der Waals surface area contributed by atoms with Gasteiger partial charge < -0.3 is 16.4 Å². The van der Waals surface area contributed by atoms with E-state index in [2.05, 4.69) is 10.6 Å². The predicted molar refractivity (Wildman–Crippen MR) is 83.6 cm³/mol. The number of nitrogens with two attached hydrogens (primary N) is 1. The zero-order valence-corrected chi connectivity index (χ0v) is 12.8. The zero-order chi connectivity index (χ0) is 15.7. The molecule has 0 heterocycles. The molecule has 1 atom stereocenters. The van der Waals surface area contributed by atoms with Gasteiger partial charge in [0, 0.05) is 6.54 Å². The van der Waals surface area contributed by atoms with E-state index in [4.69, 9.17) is 5.73 Å². The molecule has 2 amide bonds. The molecule has 0 bridgehead atoms. The van der Waals surface area contributed by atoms with Gasteiger partial charge in [-0.2, -0.15) is 0 Å². The smallest absolute Gasteiger partial charge is 0.239 e. The van der Waals surface area contributed by atoms with Gasteiger partial charge in [0.15, 0.2) is 0 Å². The van der Waals surface area contributed by atoms with Gasteiger partial charge in [0.05, 0.1) is 12.6 Å². The Kier molecular flexibility index (Phi) is 7.46. The number of benzene rings is 1. The maximum Gasteiger partial charge on any atom is 0.239 e. The van der Waals surface area contributed by atoms with Crippen molar-refractivity contribution in [1.82, 2.24) is 10.6 Å². The fourth-order valence-corrected chi connectivity index (χ4v) is 1.78. The Hall–Kier alpha value is -1.88. The molecule has 1 rings (SSSR count). The number of carbonyl (C=O) groups is 2. The summed E-state index contributed by atoms with van der Waals surface area (Å²) in [6, 6.07) is 9.28. The van der Waals surface area contributed by atoms with E-state index in [1.54, 1.807) is 0 Å². The van der Waals surface area contributed by atoms with Crippen LogP contribution in [-0.4, -0.2) is 30.9 Å². The second-order valence-electron chi connectivity index (χ2n) is 5.55. The molecule has 0 aliphatic heterocycles. The average molecular weight is 291 g/mol. The third-order valence-corrected chi connectivity index (χ3v) is 3.05. The highest BCUT2D eigenvalue weighted by Crippen LogP contribution is 2.03. The monoisotopic (exact) mass is 291 g/mol. The first kappa shape index (κ1) is 17.2. The Morgan fingerprint density at radius 3 is 2.43 bits per heavy atom. The van der Waals surface area contributed by atoms with Crippen molar-refractivity contribution in [2.45, 2.75) is 32.7 Å². The summed E-state index contributed by atoms with van der Waals surface area (Å²) < 4.78 is 0. The molecule has 0 aromatic heterocycles. The number of amides is 2. The Bertz CT molecular complexity index is 446. The highest BCUT2D eigenvalue weighted by atomic mass is 16.2. The molecule has 1 aromatic rings. The van der Waals surface area contributed by atoms with Gasteiger partial charge in [-0.25, -0.2) is 0 Å². The van der Waals surface area contributed by atoms with Crippen LogP contribution in [0, 0.1) is 5.92 Å². The quantitative estimate of drug-likeness (QED) is 0.663. The molecule has 0 saturated heterocycles. The third kappa shape index (κ3) is 7.46. The predicted octanol–water partition coefficient (Wildman–Crippen LogP) is 0.835. The average Bonchev–Trinajstić information content (AvgIpc) is 2.49. The van der Waals surface area contributed by atoms with Gasteiger partial charge in [-0.05, 0) is 24.3 Å². The van der Waals surface area contributed by atoms with Crippen LogP contribution in [0.5, 0.6) is 0 Å². The van der Waals surface area contributed by atoms with Gasteiger partial charge in [0.2, 0.25) is 11.8 Å². The van der Waals surface area contributed by atoms with Crippen LogP contribution < -0.4 is 16.4 Å². The Morgan fingerprint density at radius 2 is 1.81 bits per heavy atom. The Labute approximate surface area is 126 Å². The van der Waals surface area contributed by atoms with Gasteiger partial charge in [0.1, 0.15) is 0 Å². The van der Waals surface area contributed by atoms with Crippen molar-refractivity contribution in [3.63, 3.8) is 0 Å². The molecule has 4 N–H and O–H groups in total. The molecular formula is C16H25N3O2. The number of hydrogen-bond donors (Lipinski definition) is 3. The lowest BCUT2D eigenvalue weighted by Crippen LogP contribution is -2.45. The fourth-order valence-electron chi connectivity index (χ4n) is 1.78. The SMILES string of the molecule is CC(C)CNC(=O)CNC(=O)[C@@H](N)CCc1ccccc1. The molecule has 0 aliphatic carbocycles. The van der Waals surface area contributed by atoms with Crippen LogP contribution in [0.3, 0.4) is 0 Å². The van der Waals surface area contributed by atoms with Gasteiger partial charge in [-0.15, -0.1) is 0 Å². The minimum absolute atomic E-state index is 0.0232. The van der Waals surface area contributed by atoms with E-state index in [0.29, 0.717) is 18.9 Å². The molecule has 5 nitrogen and oxygen atoms in total. The maximum atomic E-state index is 11.8. The minimum atomic E-state index is -0.594. The van der Waals surface area contributed by atoms with Gasteiger partial charge in [-0.3, -0.25) is 9.59 Å². The molecule has 21 heavy (non-hydrogen) atoms. The number of hydrogen-bond acceptors (Lipinski definition) is 3. The van der Waals surface area contributed by atoms with Crippen molar-refractivity contribution in [2.24, 2.45) is 11.7 Å². The van der Waals surface area contributed by atoms with Crippen LogP contribution in [0.2, 0.25) is 0 Å². The normalized spacial score (nSPS) is 12.0. The second-order valence-corrected chi connectivity index (χ2v) is 5.55. The maximum absolute atomic E-state index is 11.8. The van der Waals surface area contributed by atoms with Crippen molar-refractivity contribution in [2.75, 3.05) is 13.1 Å². The van der Waals surface area contributed by atoms with Crippen molar-refractivity contribution in [1.29, 1.82) is 0 Å². The molecule has 1 aromatic carbocycles. The van der Waals surface area contributed by atoms with E-state index in [1.165, 1.54) is 0 Å². The largest absolute Gasteiger partial charge is 0.354 e. The van der Waals surface area contributed by atoms with E-state index in [-0.39, 0.29) is 18.4 Å². The summed E-state index contributed by atoms with van der Waals surface area (Å²) in [7, 11) is 0. The summed E-state index contributed by atoms with van der Waals surface area (Å²) in [4.78, 5) is 23.3. The Balaban J connectivity index is 2.23. The van der Waals surface area contributed by atoms with Crippen molar-refractivity contribution < 1.29 is 9.59 Å². The van der Waals surface area contributed by atoms with Crippen molar-refractivity contribution in [3.05, 3.63) is 35.9 Å². The van der Waals surface area contributed by atoms with E-state index in [1.807, 2.05) is 44.2 Å². The number of nitrogens with one attached hydrogen (secondary N) is 2. The van der Waals surface area contributed by atoms with Crippen LogP contribution >= 0.6 is 0 Å². The lowest BCUT2D eigenvalue weighted by atomic mass is 10.1. The standard InChI is InChI=1S/C16H25N3O2/c1-12(2)10-18-15(20)11-19-16(21)14(17)9-8-13-6-4-3-5-7-13/h3-7,12,14H,8-11,17H2,1-2H3,(H,18,20)(H,19,21)/t14-/m0/s1. The first-order chi connectivity index (χ1) is 9.99. The molecule has 0 unspecified atom stereocenters. The fraction of sp³-hybridized carbons (Fsp3) is 0.500. The summed E-state index contributed by atoms with van der Waals surface area (Å²) >= 11 is 0. The van der Waals surface area contributed by atoms with Gasteiger partial charge >= 0.3 is 0 Å². The van der Waals surface area contributed by atoms with E-state index >= 15 is 0 Å². The molecule has 5 heteroatoms. The summed E-state index contributed by atoms with van der Waals surface area (Å²) in [5, 5.41) is 5.31. The minimum Gasteiger partial charge on any atom is -0.354 e. The molecule has 116 valence electrons. The van der Waals surface area contributed by atoms with Crippen LogP contribution in [0.15, 0.2) is 30.3 Å². The van der Waals surface area contributed by atoms with E-state index in [0.717, 1.165) is 12.0 Å². The third-order valence-electron chi connectivity index (χ3n) is 3.05. The number of rotatable bonds is 8. The molecule has 0 radical (unpaired) electrons. The number of carbonyl (C=O) groups excluding carboxylic acids is 2. The molecule has 0 aliphatic rings. The summed E-state index contributed by atoms with van der Waals surface area (Å²) in [5.74, 6) is -0.0873. The van der Waals surface area contributed by atoms with Crippen LogP contribution in [0.1, 0.15) is 25.8 Å². The molecular weight excluding hydrogens is 266 g/mol. The first-order valence-electron chi connectivity index (χ1n) is 7.33. The summed E-state index contributed by atoms with van der Waals surface area (Å²) in [6.07, 6.45) is 1.30. The summed E-state index contributed by atoms with van der Waals surface area (Å²) in [6.45, 7) is 4.61. The van der Waals surface area contributed by atoms with Crippen LogP contribution in [0.25, 0.3) is 0 Å². The highest BCUT2D eigenvalue weighted by Gasteiger charge is 2.14. The van der Waals surface area contributed by atoms with E-state index < -0.39 is 6.04 Å². The van der Waals surface area contributed by atoms with E-state index in [9.17, 15) is 9.59 Å². The number of aryl methyl sites for hydroxylation is 1. The first-order valence-corrected chi connectivity index (χ1v) is 7.33. The second kappa shape index (κ2) is 9.13. The van der Waals surface area contributed by atoms with Crippen LogP contribution in [0.4, 0.5) is 0 Å². The molecule has 0 saturated carbocycles.